The van der Waals surface area contributed by atoms with Gasteiger partial charge in [0, 0.05) is 19.0 Å². The quantitative estimate of drug-likeness (QED) is 0.897. The van der Waals surface area contributed by atoms with Crippen LogP contribution in [0.4, 0.5) is 0 Å². The second kappa shape index (κ2) is 5.31. The Morgan fingerprint density at radius 2 is 1.83 bits per heavy atom. The van der Waals surface area contributed by atoms with Crippen molar-refractivity contribution in [3.05, 3.63) is 47.0 Å². The molecule has 0 radical (unpaired) electrons. The van der Waals surface area contributed by atoms with Crippen LogP contribution >= 0.6 is 0 Å². The molecule has 0 bridgehead atoms. The molecule has 1 heterocycles. The van der Waals surface area contributed by atoms with Crippen LogP contribution in [-0.4, -0.2) is 14.8 Å². The summed E-state index contributed by atoms with van der Waals surface area (Å²) in [4.78, 5) is 0. The molecule has 0 amide bonds. The fraction of sp³-hybridized carbons (Fsp3) is 0.429. The first-order chi connectivity index (χ1) is 8.63. The summed E-state index contributed by atoms with van der Waals surface area (Å²) in [6.45, 7) is 6.85. The summed E-state index contributed by atoms with van der Waals surface area (Å²) in [5.74, 6) is 1.97. The molecule has 4 heteroatoms. The van der Waals surface area contributed by atoms with Crippen LogP contribution < -0.4 is 5.73 Å². The third-order valence-electron chi connectivity index (χ3n) is 3.14. The van der Waals surface area contributed by atoms with Gasteiger partial charge in [-0.1, -0.05) is 24.3 Å². The molecular weight excluding hydrogens is 224 g/mol. The van der Waals surface area contributed by atoms with Crippen molar-refractivity contribution in [2.24, 2.45) is 5.73 Å². The molecule has 0 saturated heterocycles. The predicted octanol–water partition coefficient (Wildman–Crippen LogP) is 2.22. The summed E-state index contributed by atoms with van der Waals surface area (Å²) >= 11 is 0. The van der Waals surface area contributed by atoms with Crippen LogP contribution in [-0.2, 0) is 13.0 Å². The Morgan fingerprint density at radius 3 is 2.44 bits per heavy atom. The lowest BCUT2D eigenvalue weighted by molar-refractivity contribution is 0.559. The van der Waals surface area contributed by atoms with Crippen LogP contribution in [0.5, 0.6) is 0 Å². The zero-order valence-corrected chi connectivity index (χ0v) is 11.2. The highest BCUT2D eigenvalue weighted by Crippen LogP contribution is 2.17. The van der Waals surface area contributed by atoms with Crippen molar-refractivity contribution in [2.75, 3.05) is 0 Å². The molecule has 2 N–H and O–H groups in total. The predicted molar refractivity (Wildman–Crippen MR) is 72.3 cm³/mol. The van der Waals surface area contributed by atoms with Gasteiger partial charge in [-0.15, -0.1) is 10.2 Å². The van der Waals surface area contributed by atoms with Gasteiger partial charge in [-0.3, -0.25) is 0 Å². The van der Waals surface area contributed by atoms with Gasteiger partial charge in [0.1, 0.15) is 11.6 Å². The lowest BCUT2D eigenvalue weighted by Gasteiger charge is -2.13. The van der Waals surface area contributed by atoms with E-state index in [1.54, 1.807) is 0 Å². The van der Waals surface area contributed by atoms with Gasteiger partial charge in [-0.2, -0.15) is 0 Å². The van der Waals surface area contributed by atoms with E-state index in [1.165, 1.54) is 11.1 Å². The highest BCUT2D eigenvalue weighted by Gasteiger charge is 2.13. The van der Waals surface area contributed by atoms with Crippen molar-refractivity contribution in [1.82, 2.24) is 14.8 Å². The average Bonchev–Trinajstić information content (AvgIpc) is 2.71. The van der Waals surface area contributed by atoms with Gasteiger partial charge < -0.3 is 10.3 Å². The molecular formula is C14H20N4. The lowest BCUT2D eigenvalue weighted by Crippen LogP contribution is -2.10. The molecule has 0 atom stereocenters. The summed E-state index contributed by atoms with van der Waals surface area (Å²) < 4.78 is 2.17. The molecule has 0 fully saturated rings. The van der Waals surface area contributed by atoms with Crippen LogP contribution in [0.2, 0.25) is 0 Å². The molecule has 0 aliphatic heterocycles. The summed E-state index contributed by atoms with van der Waals surface area (Å²) in [5, 5.41) is 8.45. The SMILES string of the molecule is Cc1nnc(Cc2ccccc2CN)n1C(C)C. The Morgan fingerprint density at radius 1 is 1.17 bits per heavy atom. The molecule has 0 spiro atoms. The standard InChI is InChI=1S/C14H20N4/c1-10(2)18-11(3)16-17-14(18)8-12-6-4-5-7-13(12)9-15/h4-7,10H,8-9,15H2,1-3H3. The van der Waals surface area contributed by atoms with E-state index in [0.29, 0.717) is 12.6 Å². The first-order valence-electron chi connectivity index (χ1n) is 6.30. The number of aromatic nitrogens is 3. The number of nitrogens with zero attached hydrogens (tertiary/aromatic N) is 3. The van der Waals surface area contributed by atoms with Crippen molar-refractivity contribution in [2.45, 2.75) is 39.8 Å². The Hall–Kier alpha value is -1.68. The van der Waals surface area contributed by atoms with Gasteiger partial charge in [0.2, 0.25) is 0 Å². The number of hydrogen-bond donors (Lipinski definition) is 1. The minimum Gasteiger partial charge on any atom is -0.326 e. The van der Waals surface area contributed by atoms with Crippen molar-refractivity contribution >= 4 is 0 Å². The van der Waals surface area contributed by atoms with Crippen LogP contribution in [0, 0.1) is 6.92 Å². The van der Waals surface area contributed by atoms with E-state index in [2.05, 4.69) is 40.7 Å². The first kappa shape index (κ1) is 12.8. The highest BCUT2D eigenvalue weighted by atomic mass is 15.3. The van der Waals surface area contributed by atoms with Crippen LogP contribution in [0.25, 0.3) is 0 Å². The van der Waals surface area contributed by atoms with E-state index in [9.17, 15) is 0 Å². The number of aryl methyl sites for hydroxylation is 1. The van der Waals surface area contributed by atoms with E-state index in [4.69, 9.17) is 5.73 Å². The Balaban J connectivity index is 2.34. The molecule has 0 aliphatic rings. The molecule has 96 valence electrons. The van der Waals surface area contributed by atoms with Crippen molar-refractivity contribution in [1.29, 1.82) is 0 Å². The summed E-state index contributed by atoms with van der Waals surface area (Å²) in [5.41, 5.74) is 8.17. The number of benzene rings is 1. The zero-order chi connectivity index (χ0) is 13.1. The summed E-state index contributed by atoms with van der Waals surface area (Å²) in [7, 11) is 0. The smallest absolute Gasteiger partial charge is 0.137 e. The second-order valence-electron chi connectivity index (χ2n) is 4.78. The fourth-order valence-corrected chi connectivity index (χ4v) is 2.30. The lowest BCUT2D eigenvalue weighted by atomic mass is 10.0. The van der Waals surface area contributed by atoms with E-state index in [1.807, 2.05) is 19.1 Å². The van der Waals surface area contributed by atoms with Gasteiger partial charge in [0.15, 0.2) is 0 Å². The second-order valence-corrected chi connectivity index (χ2v) is 4.78. The van der Waals surface area contributed by atoms with Crippen molar-refractivity contribution < 1.29 is 0 Å². The molecule has 1 aromatic heterocycles. The van der Waals surface area contributed by atoms with Gasteiger partial charge in [-0.25, -0.2) is 0 Å². The van der Waals surface area contributed by atoms with E-state index in [0.717, 1.165) is 18.1 Å². The first-order valence-corrected chi connectivity index (χ1v) is 6.30. The molecule has 1 aromatic carbocycles. The topological polar surface area (TPSA) is 56.7 Å². The molecule has 18 heavy (non-hydrogen) atoms. The van der Waals surface area contributed by atoms with Crippen molar-refractivity contribution in [3.8, 4) is 0 Å². The van der Waals surface area contributed by atoms with Crippen LogP contribution in [0.15, 0.2) is 24.3 Å². The maximum Gasteiger partial charge on any atom is 0.137 e. The molecule has 2 rings (SSSR count). The Kier molecular flexibility index (Phi) is 3.77. The molecule has 4 nitrogen and oxygen atoms in total. The van der Waals surface area contributed by atoms with E-state index < -0.39 is 0 Å². The number of nitrogens with two attached hydrogens (primary N) is 1. The number of hydrogen-bond acceptors (Lipinski definition) is 3. The minimum absolute atomic E-state index is 0.375. The summed E-state index contributed by atoms with van der Waals surface area (Å²) in [6, 6.07) is 8.61. The van der Waals surface area contributed by atoms with Gasteiger partial charge in [0.05, 0.1) is 0 Å². The molecule has 0 saturated carbocycles. The normalized spacial score (nSPS) is 11.2. The summed E-state index contributed by atoms with van der Waals surface area (Å²) in [6.07, 6.45) is 0.784. The maximum absolute atomic E-state index is 5.76. The van der Waals surface area contributed by atoms with Crippen LogP contribution in [0.3, 0.4) is 0 Å². The van der Waals surface area contributed by atoms with Crippen molar-refractivity contribution in [3.63, 3.8) is 0 Å². The largest absolute Gasteiger partial charge is 0.326 e. The average molecular weight is 244 g/mol. The third-order valence-corrected chi connectivity index (χ3v) is 3.14. The zero-order valence-electron chi connectivity index (χ0n) is 11.2. The van der Waals surface area contributed by atoms with E-state index in [-0.39, 0.29) is 0 Å². The third kappa shape index (κ3) is 2.43. The van der Waals surface area contributed by atoms with E-state index >= 15 is 0 Å². The fourth-order valence-electron chi connectivity index (χ4n) is 2.30. The highest BCUT2D eigenvalue weighted by molar-refractivity contribution is 5.29. The maximum atomic E-state index is 5.76. The van der Waals surface area contributed by atoms with Gasteiger partial charge >= 0.3 is 0 Å². The monoisotopic (exact) mass is 244 g/mol. The molecule has 0 aliphatic carbocycles. The van der Waals surface area contributed by atoms with Gasteiger partial charge in [-0.05, 0) is 31.9 Å². The molecule has 0 unspecified atom stereocenters. The Labute approximate surface area is 108 Å². The van der Waals surface area contributed by atoms with Crippen LogP contribution in [0.1, 0.15) is 42.7 Å². The van der Waals surface area contributed by atoms with Gasteiger partial charge in [0.25, 0.3) is 0 Å². The minimum atomic E-state index is 0.375. The number of rotatable bonds is 4. The Bertz CT molecular complexity index is 528. The molecule has 2 aromatic rings.